The molecule has 1 aromatic carbocycles. The Hall–Kier alpha value is -0.820. The molecule has 1 aliphatic heterocycles. The molecule has 1 atom stereocenters. The maximum atomic E-state index is 3.58. The first kappa shape index (κ1) is 8.76. The molecule has 0 spiro atoms. The number of benzene rings is 1. The van der Waals surface area contributed by atoms with Crippen LogP contribution in [0.15, 0.2) is 30.3 Å². The summed E-state index contributed by atoms with van der Waals surface area (Å²) >= 11 is 0. The highest BCUT2D eigenvalue weighted by atomic mass is 15.0. The standard InChI is InChI=1S/C12H17N/c1-2-8-12(9-10-13-12)11-6-4-3-5-7-11/h3-7,13H,2,8-10H2,1H3. The first-order valence-electron chi connectivity index (χ1n) is 5.18. The molecular weight excluding hydrogens is 158 g/mol. The zero-order valence-electron chi connectivity index (χ0n) is 8.22. The summed E-state index contributed by atoms with van der Waals surface area (Å²) in [4.78, 5) is 0. The highest BCUT2D eigenvalue weighted by molar-refractivity contribution is 5.26. The van der Waals surface area contributed by atoms with Crippen molar-refractivity contribution in [2.45, 2.75) is 31.7 Å². The Morgan fingerprint density at radius 3 is 2.46 bits per heavy atom. The van der Waals surface area contributed by atoms with E-state index in [1.54, 1.807) is 0 Å². The van der Waals surface area contributed by atoms with Crippen LogP contribution in [0.5, 0.6) is 0 Å². The van der Waals surface area contributed by atoms with Crippen molar-refractivity contribution in [3.05, 3.63) is 35.9 Å². The summed E-state index contributed by atoms with van der Waals surface area (Å²) < 4.78 is 0. The van der Waals surface area contributed by atoms with Gasteiger partial charge in [0.25, 0.3) is 0 Å². The second kappa shape index (κ2) is 3.51. The van der Waals surface area contributed by atoms with E-state index in [-0.39, 0.29) is 0 Å². The quantitative estimate of drug-likeness (QED) is 0.744. The van der Waals surface area contributed by atoms with Crippen LogP contribution in [0.2, 0.25) is 0 Å². The third-order valence-corrected chi connectivity index (χ3v) is 3.02. The summed E-state index contributed by atoms with van der Waals surface area (Å²) in [5, 5.41) is 3.58. The van der Waals surface area contributed by atoms with E-state index >= 15 is 0 Å². The van der Waals surface area contributed by atoms with Gasteiger partial charge in [-0.2, -0.15) is 0 Å². The first-order valence-corrected chi connectivity index (χ1v) is 5.18. The summed E-state index contributed by atoms with van der Waals surface area (Å²) in [6.45, 7) is 3.43. The summed E-state index contributed by atoms with van der Waals surface area (Å²) in [6.07, 6.45) is 3.81. The Balaban J connectivity index is 2.22. The monoisotopic (exact) mass is 175 g/mol. The molecule has 1 heteroatoms. The topological polar surface area (TPSA) is 12.0 Å². The Bertz CT molecular complexity index is 262. The van der Waals surface area contributed by atoms with Crippen LogP contribution in [0.1, 0.15) is 31.7 Å². The molecular formula is C12H17N. The zero-order chi connectivity index (χ0) is 9.15. The van der Waals surface area contributed by atoms with Crippen LogP contribution in [0.3, 0.4) is 0 Å². The molecule has 1 saturated heterocycles. The van der Waals surface area contributed by atoms with Gasteiger partial charge in [0.15, 0.2) is 0 Å². The second-order valence-electron chi connectivity index (χ2n) is 3.87. The summed E-state index contributed by atoms with van der Waals surface area (Å²) in [5.41, 5.74) is 1.78. The summed E-state index contributed by atoms with van der Waals surface area (Å²) in [7, 11) is 0. The molecule has 1 N–H and O–H groups in total. The molecule has 1 nitrogen and oxygen atoms in total. The number of hydrogen-bond acceptors (Lipinski definition) is 1. The van der Waals surface area contributed by atoms with Crippen molar-refractivity contribution < 1.29 is 0 Å². The van der Waals surface area contributed by atoms with Gasteiger partial charge in [0.05, 0.1) is 0 Å². The second-order valence-corrected chi connectivity index (χ2v) is 3.87. The predicted molar refractivity (Wildman–Crippen MR) is 55.6 cm³/mol. The lowest BCUT2D eigenvalue weighted by Crippen LogP contribution is -2.53. The molecule has 0 amide bonds. The van der Waals surface area contributed by atoms with E-state index in [4.69, 9.17) is 0 Å². The van der Waals surface area contributed by atoms with Crippen molar-refractivity contribution in [3.8, 4) is 0 Å². The molecule has 0 aromatic heterocycles. The van der Waals surface area contributed by atoms with Gasteiger partial charge in [-0.05, 0) is 24.9 Å². The lowest BCUT2D eigenvalue weighted by atomic mass is 9.77. The molecule has 70 valence electrons. The van der Waals surface area contributed by atoms with Crippen molar-refractivity contribution in [2.75, 3.05) is 6.54 Å². The Morgan fingerprint density at radius 2 is 2.00 bits per heavy atom. The van der Waals surface area contributed by atoms with Gasteiger partial charge in [-0.3, -0.25) is 0 Å². The summed E-state index contributed by atoms with van der Waals surface area (Å²) in [5.74, 6) is 0. The number of hydrogen-bond donors (Lipinski definition) is 1. The van der Waals surface area contributed by atoms with Gasteiger partial charge in [0, 0.05) is 5.54 Å². The molecule has 1 aromatic rings. The molecule has 1 fully saturated rings. The zero-order valence-corrected chi connectivity index (χ0v) is 8.22. The van der Waals surface area contributed by atoms with Crippen molar-refractivity contribution in [1.29, 1.82) is 0 Å². The van der Waals surface area contributed by atoms with E-state index in [2.05, 4.69) is 42.6 Å². The van der Waals surface area contributed by atoms with Crippen LogP contribution in [0, 0.1) is 0 Å². The fraction of sp³-hybridized carbons (Fsp3) is 0.500. The smallest absolute Gasteiger partial charge is 0.0446 e. The van der Waals surface area contributed by atoms with E-state index in [1.165, 1.54) is 31.4 Å². The third-order valence-electron chi connectivity index (χ3n) is 3.02. The highest BCUT2D eigenvalue weighted by Crippen LogP contribution is 2.35. The maximum absolute atomic E-state index is 3.58. The molecule has 1 heterocycles. The van der Waals surface area contributed by atoms with E-state index in [1.807, 2.05) is 0 Å². The van der Waals surface area contributed by atoms with Crippen molar-refractivity contribution in [1.82, 2.24) is 5.32 Å². The van der Waals surface area contributed by atoms with Crippen LogP contribution in [-0.4, -0.2) is 6.54 Å². The van der Waals surface area contributed by atoms with E-state index in [0.29, 0.717) is 5.54 Å². The van der Waals surface area contributed by atoms with Crippen LogP contribution in [-0.2, 0) is 5.54 Å². The van der Waals surface area contributed by atoms with E-state index in [9.17, 15) is 0 Å². The Kier molecular flexibility index (Phi) is 2.36. The van der Waals surface area contributed by atoms with Gasteiger partial charge in [0.1, 0.15) is 0 Å². The molecule has 0 saturated carbocycles. The third kappa shape index (κ3) is 1.49. The maximum Gasteiger partial charge on any atom is 0.0446 e. The SMILES string of the molecule is CCCC1(c2ccccc2)CCN1. The molecule has 1 aliphatic rings. The van der Waals surface area contributed by atoms with Crippen LogP contribution >= 0.6 is 0 Å². The molecule has 0 bridgehead atoms. The number of rotatable bonds is 3. The Labute approximate surface area is 80.2 Å². The van der Waals surface area contributed by atoms with Crippen molar-refractivity contribution in [3.63, 3.8) is 0 Å². The van der Waals surface area contributed by atoms with Gasteiger partial charge in [-0.1, -0.05) is 43.7 Å². The molecule has 0 aliphatic carbocycles. The van der Waals surface area contributed by atoms with E-state index in [0.717, 1.165) is 0 Å². The van der Waals surface area contributed by atoms with Crippen LogP contribution in [0.25, 0.3) is 0 Å². The molecule has 0 radical (unpaired) electrons. The fourth-order valence-corrected chi connectivity index (χ4v) is 2.21. The largest absolute Gasteiger partial charge is 0.307 e. The highest BCUT2D eigenvalue weighted by Gasteiger charge is 2.36. The van der Waals surface area contributed by atoms with Crippen LogP contribution in [0.4, 0.5) is 0 Å². The van der Waals surface area contributed by atoms with E-state index < -0.39 is 0 Å². The summed E-state index contributed by atoms with van der Waals surface area (Å²) in [6, 6.07) is 10.8. The molecule has 13 heavy (non-hydrogen) atoms. The minimum Gasteiger partial charge on any atom is -0.307 e. The lowest BCUT2D eigenvalue weighted by molar-refractivity contribution is 0.191. The fourth-order valence-electron chi connectivity index (χ4n) is 2.21. The number of nitrogens with one attached hydrogen (secondary N) is 1. The molecule has 2 rings (SSSR count). The average Bonchev–Trinajstić information content (AvgIpc) is 2.13. The minimum atomic E-state index is 0.315. The molecule has 1 unspecified atom stereocenters. The van der Waals surface area contributed by atoms with Gasteiger partial charge < -0.3 is 5.32 Å². The first-order chi connectivity index (χ1) is 6.37. The predicted octanol–water partition coefficient (Wildman–Crippen LogP) is 2.68. The van der Waals surface area contributed by atoms with Crippen molar-refractivity contribution in [2.24, 2.45) is 0 Å². The van der Waals surface area contributed by atoms with Gasteiger partial charge >= 0.3 is 0 Å². The van der Waals surface area contributed by atoms with Gasteiger partial charge in [0.2, 0.25) is 0 Å². The van der Waals surface area contributed by atoms with Crippen molar-refractivity contribution >= 4 is 0 Å². The lowest BCUT2D eigenvalue weighted by Gasteiger charge is -2.44. The normalized spacial score (nSPS) is 26.8. The average molecular weight is 175 g/mol. The van der Waals surface area contributed by atoms with Gasteiger partial charge in [-0.25, -0.2) is 0 Å². The van der Waals surface area contributed by atoms with Crippen LogP contribution < -0.4 is 5.32 Å². The minimum absolute atomic E-state index is 0.315. The Morgan fingerprint density at radius 1 is 1.31 bits per heavy atom. The van der Waals surface area contributed by atoms with Gasteiger partial charge in [-0.15, -0.1) is 0 Å².